The van der Waals surface area contributed by atoms with Gasteiger partial charge >= 0.3 is 0 Å². The Labute approximate surface area is 98.7 Å². The van der Waals surface area contributed by atoms with Gasteiger partial charge in [-0.15, -0.1) is 0 Å². The van der Waals surface area contributed by atoms with Gasteiger partial charge in [0.15, 0.2) is 0 Å². The van der Waals surface area contributed by atoms with E-state index in [1.807, 2.05) is 0 Å². The number of nitrogens with one attached hydrogen (secondary N) is 1. The molecular weight excluding hydrogens is 228 g/mol. The number of rotatable bonds is 3. The van der Waals surface area contributed by atoms with Crippen LogP contribution in [0.15, 0.2) is 18.2 Å². The van der Waals surface area contributed by atoms with Gasteiger partial charge in [0.25, 0.3) is 0 Å². The van der Waals surface area contributed by atoms with Gasteiger partial charge in [-0.1, -0.05) is 0 Å². The van der Waals surface area contributed by atoms with Crippen molar-refractivity contribution in [3.05, 3.63) is 35.4 Å². The van der Waals surface area contributed by atoms with Crippen molar-refractivity contribution in [3.8, 4) is 0 Å². The van der Waals surface area contributed by atoms with Crippen LogP contribution in [0.5, 0.6) is 0 Å². The largest absolute Gasteiger partial charge is 0.376 e. The third kappa shape index (κ3) is 3.00. The van der Waals surface area contributed by atoms with Crippen LogP contribution >= 0.6 is 0 Å². The number of benzene rings is 1. The maximum atomic E-state index is 13.2. The van der Waals surface area contributed by atoms with Crippen LogP contribution < -0.4 is 5.32 Å². The van der Waals surface area contributed by atoms with Gasteiger partial charge in [-0.2, -0.15) is 0 Å². The van der Waals surface area contributed by atoms with E-state index in [1.165, 1.54) is 12.1 Å². The molecule has 1 saturated heterocycles. The molecule has 0 aliphatic carbocycles. The van der Waals surface area contributed by atoms with Crippen molar-refractivity contribution in [3.63, 3.8) is 0 Å². The molecule has 0 bridgehead atoms. The van der Waals surface area contributed by atoms with Crippen LogP contribution in [0.2, 0.25) is 0 Å². The average Bonchev–Trinajstić information content (AvgIpc) is 2.30. The molecule has 2 unspecified atom stereocenters. The molecule has 2 atom stereocenters. The highest BCUT2D eigenvalue weighted by atomic mass is 19.1. The van der Waals surface area contributed by atoms with E-state index >= 15 is 0 Å². The lowest BCUT2D eigenvalue weighted by molar-refractivity contribution is -0.101. The van der Waals surface area contributed by atoms with Crippen molar-refractivity contribution in [2.75, 3.05) is 26.9 Å². The minimum Gasteiger partial charge on any atom is -0.376 e. The first-order valence-electron chi connectivity index (χ1n) is 5.53. The zero-order valence-corrected chi connectivity index (χ0v) is 9.58. The Morgan fingerprint density at radius 2 is 1.94 bits per heavy atom. The molecule has 3 nitrogen and oxygen atoms in total. The maximum Gasteiger partial charge on any atom is 0.126 e. The van der Waals surface area contributed by atoms with E-state index in [0.717, 1.165) is 6.07 Å². The summed E-state index contributed by atoms with van der Waals surface area (Å²) in [5.74, 6) is -1.17. The number of ether oxygens (including phenoxy) is 2. The van der Waals surface area contributed by atoms with Crippen LogP contribution in [0.25, 0.3) is 0 Å². The first kappa shape index (κ1) is 12.4. The molecule has 1 aliphatic heterocycles. The van der Waals surface area contributed by atoms with Gasteiger partial charge in [0.2, 0.25) is 0 Å². The zero-order chi connectivity index (χ0) is 12.3. The van der Waals surface area contributed by atoms with Crippen LogP contribution in [0.4, 0.5) is 8.78 Å². The lowest BCUT2D eigenvalue weighted by Crippen LogP contribution is -2.39. The molecule has 0 spiro atoms. The molecule has 1 fully saturated rings. The zero-order valence-electron chi connectivity index (χ0n) is 9.58. The van der Waals surface area contributed by atoms with Gasteiger partial charge in [-0.05, 0) is 24.7 Å². The van der Waals surface area contributed by atoms with Gasteiger partial charge in [-0.3, -0.25) is 0 Å². The molecule has 1 aromatic rings. The molecule has 2 rings (SSSR count). The van der Waals surface area contributed by atoms with Crippen LogP contribution in [0.3, 0.4) is 0 Å². The monoisotopic (exact) mass is 243 g/mol. The highest BCUT2D eigenvalue weighted by Crippen LogP contribution is 2.23. The third-order valence-electron chi connectivity index (χ3n) is 2.77. The summed E-state index contributed by atoms with van der Waals surface area (Å²) < 4.78 is 37.1. The molecule has 0 amide bonds. The van der Waals surface area contributed by atoms with Crippen molar-refractivity contribution in [1.82, 2.24) is 5.32 Å². The van der Waals surface area contributed by atoms with E-state index in [9.17, 15) is 8.78 Å². The molecule has 1 aliphatic rings. The standard InChI is InChI=1S/C12H15F2NO2/c1-15-12(11-7-16-2-3-17-11)8-4-9(13)6-10(14)5-8/h4-6,11-12,15H,2-3,7H2,1H3. The summed E-state index contributed by atoms with van der Waals surface area (Å²) in [6.07, 6.45) is -0.227. The second-order valence-corrected chi connectivity index (χ2v) is 3.95. The van der Waals surface area contributed by atoms with Crippen LogP contribution in [0, 0.1) is 11.6 Å². The predicted octanol–water partition coefficient (Wildman–Crippen LogP) is 1.64. The fourth-order valence-electron chi connectivity index (χ4n) is 2.02. The quantitative estimate of drug-likeness (QED) is 0.875. The summed E-state index contributed by atoms with van der Waals surface area (Å²) in [5, 5.41) is 3.00. The van der Waals surface area contributed by atoms with Gasteiger partial charge < -0.3 is 14.8 Å². The Balaban J connectivity index is 2.21. The first-order chi connectivity index (χ1) is 8.20. The van der Waals surface area contributed by atoms with Crippen molar-refractivity contribution < 1.29 is 18.3 Å². The van der Waals surface area contributed by atoms with Gasteiger partial charge in [0.05, 0.1) is 25.9 Å². The van der Waals surface area contributed by atoms with Crippen LogP contribution in [-0.4, -0.2) is 33.0 Å². The molecule has 1 heterocycles. The van der Waals surface area contributed by atoms with Gasteiger partial charge in [-0.25, -0.2) is 8.78 Å². The topological polar surface area (TPSA) is 30.5 Å². The van der Waals surface area contributed by atoms with Gasteiger partial charge in [0.1, 0.15) is 17.7 Å². The van der Waals surface area contributed by atoms with E-state index in [-0.39, 0.29) is 12.1 Å². The second-order valence-electron chi connectivity index (χ2n) is 3.95. The molecule has 0 saturated carbocycles. The Kier molecular flexibility index (Phi) is 4.04. The van der Waals surface area contributed by atoms with E-state index in [0.29, 0.717) is 25.4 Å². The molecule has 0 aromatic heterocycles. The van der Waals surface area contributed by atoms with Crippen molar-refractivity contribution >= 4 is 0 Å². The van der Waals surface area contributed by atoms with E-state index in [2.05, 4.69) is 5.32 Å². The Bertz CT molecular complexity index is 361. The van der Waals surface area contributed by atoms with E-state index in [1.54, 1.807) is 7.05 Å². The van der Waals surface area contributed by atoms with Crippen LogP contribution in [-0.2, 0) is 9.47 Å². The first-order valence-corrected chi connectivity index (χ1v) is 5.53. The Hall–Kier alpha value is -1.04. The molecule has 1 aromatic carbocycles. The summed E-state index contributed by atoms with van der Waals surface area (Å²) in [6, 6.07) is 3.19. The van der Waals surface area contributed by atoms with Crippen molar-refractivity contribution in [2.45, 2.75) is 12.1 Å². The highest BCUT2D eigenvalue weighted by Gasteiger charge is 2.26. The van der Waals surface area contributed by atoms with E-state index in [4.69, 9.17) is 9.47 Å². The normalized spacial score (nSPS) is 22.4. The summed E-state index contributed by atoms with van der Waals surface area (Å²) in [5.41, 5.74) is 0.528. The lowest BCUT2D eigenvalue weighted by atomic mass is 10.0. The Morgan fingerprint density at radius 3 is 2.47 bits per heavy atom. The second kappa shape index (κ2) is 5.53. The minimum absolute atomic E-state index is 0.227. The van der Waals surface area contributed by atoms with Crippen molar-refractivity contribution in [2.24, 2.45) is 0 Å². The highest BCUT2D eigenvalue weighted by molar-refractivity contribution is 5.22. The molecule has 1 N–H and O–H groups in total. The molecule has 17 heavy (non-hydrogen) atoms. The fraction of sp³-hybridized carbons (Fsp3) is 0.500. The smallest absolute Gasteiger partial charge is 0.126 e. The number of halogens is 2. The fourth-order valence-corrected chi connectivity index (χ4v) is 2.02. The molecular formula is C12H15F2NO2. The third-order valence-corrected chi connectivity index (χ3v) is 2.77. The molecule has 0 radical (unpaired) electrons. The predicted molar refractivity (Wildman–Crippen MR) is 58.7 cm³/mol. The van der Waals surface area contributed by atoms with Gasteiger partial charge in [0, 0.05) is 6.07 Å². The summed E-state index contributed by atoms with van der Waals surface area (Å²) in [4.78, 5) is 0. The SMILES string of the molecule is CNC(c1cc(F)cc(F)c1)C1COCCO1. The van der Waals surface area contributed by atoms with Crippen molar-refractivity contribution in [1.29, 1.82) is 0 Å². The lowest BCUT2D eigenvalue weighted by Gasteiger charge is -2.30. The summed E-state index contributed by atoms with van der Waals surface area (Å²) >= 11 is 0. The molecule has 5 heteroatoms. The minimum atomic E-state index is -0.586. The summed E-state index contributed by atoms with van der Waals surface area (Å²) in [6.45, 7) is 1.48. The Morgan fingerprint density at radius 1 is 1.24 bits per heavy atom. The maximum absolute atomic E-state index is 13.2. The van der Waals surface area contributed by atoms with E-state index < -0.39 is 11.6 Å². The molecule has 94 valence electrons. The van der Waals surface area contributed by atoms with Crippen LogP contribution in [0.1, 0.15) is 11.6 Å². The summed E-state index contributed by atoms with van der Waals surface area (Å²) in [7, 11) is 1.73. The average molecular weight is 243 g/mol. The number of hydrogen-bond donors (Lipinski definition) is 1. The number of hydrogen-bond acceptors (Lipinski definition) is 3. The number of likely N-dealkylation sites (N-methyl/N-ethyl adjacent to an activating group) is 1.